The molecule has 0 aromatic heterocycles. The number of hydrogen-bond acceptors (Lipinski definition) is 10. The lowest BCUT2D eigenvalue weighted by Gasteiger charge is -2.23. The van der Waals surface area contributed by atoms with Crippen LogP contribution < -0.4 is 39.1 Å². The van der Waals surface area contributed by atoms with Crippen molar-refractivity contribution >= 4 is 67.4 Å². The Bertz CT molecular complexity index is 1740. The smallest absolute Gasteiger partial charge is 0.146 e. The molecule has 0 heterocycles. The largest absolute Gasteiger partial charge is 0.495 e. The molecule has 2 N–H and O–H groups in total. The Kier molecular flexibility index (Phi) is 21.3. The molecule has 10 nitrogen and oxygen atoms in total. The first-order chi connectivity index (χ1) is 28.0. The number of hydrogen-bond donors (Lipinski definition) is 2. The van der Waals surface area contributed by atoms with Crippen molar-refractivity contribution in [1.82, 2.24) is 0 Å². The molecule has 4 atom stereocenters. The molecule has 0 saturated carbocycles. The second-order valence-electron chi connectivity index (χ2n) is 13.9. The van der Waals surface area contributed by atoms with E-state index in [9.17, 15) is 8.42 Å². The van der Waals surface area contributed by atoms with Crippen molar-refractivity contribution in [2.45, 2.75) is 103 Å². The summed E-state index contributed by atoms with van der Waals surface area (Å²) in [5, 5.41) is 6.73. The number of ether oxygens (including phenoxy) is 6. The zero-order chi connectivity index (χ0) is 42.8. The van der Waals surface area contributed by atoms with Gasteiger partial charge in [-0.3, -0.25) is 8.42 Å². The van der Waals surface area contributed by atoms with Crippen LogP contribution in [0.1, 0.15) is 104 Å². The monoisotopic (exact) mass is 876 g/mol. The molecule has 58 heavy (non-hydrogen) atoms. The van der Waals surface area contributed by atoms with E-state index in [-0.39, 0.29) is 0 Å². The molecule has 0 fully saturated rings. The standard InChI is InChI=1S/C44H64N2O8S4/c1-11-17-19-29(13-3)27-53-35-24-36(54-28-30(14-4)20-18-12-2)32(44(56)46-34-23-42(58(48)16-6)40(52-10)26-38(34)50-8)21-31(35)43(55)45-33-22-41(57(47)15-5)39(51-9)25-37(33)49-7/h21-26,29-30H,11-20,27-28H2,1-10H3,(H,45,55)(H,46,56). The van der Waals surface area contributed by atoms with E-state index in [0.717, 1.165) is 51.4 Å². The van der Waals surface area contributed by atoms with E-state index >= 15 is 0 Å². The summed E-state index contributed by atoms with van der Waals surface area (Å²) in [6, 6.07) is 10.7. The van der Waals surface area contributed by atoms with Crippen molar-refractivity contribution < 1.29 is 36.8 Å². The lowest BCUT2D eigenvalue weighted by molar-refractivity contribution is 0.222. The van der Waals surface area contributed by atoms with Gasteiger partial charge in [-0.2, -0.15) is 0 Å². The number of rotatable bonds is 26. The Morgan fingerprint density at radius 1 is 0.552 bits per heavy atom. The fourth-order valence-electron chi connectivity index (χ4n) is 6.35. The molecule has 322 valence electrons. The molecule has 0 radical (unpaired) electrons. The van der Waals surface area contributed by atoms with Crippen LogP contribution in [0.3, 0.4) is 0 Å². The van der Waals surface area contributed by atoms with Gasteiger partial charge in [0.2, 0.25) is 0 Å². The van der Waals surface area contributed by atoms with Crippen molar-refractivity contribution in [2.75, 3.05) is 63.8 Å². The minimum atomic E-state index is -1.32. The predicted molar refractivity (Wildman–Crippen MR) is 248 cm³/mol. The second-order valence-corrected chi connectivity index (χ2v) is 18.1. The summed E-state index contributed by atoms with van der Waals surface area (Å²) in [5.41, 5.74) is 2.20. The molecule has 0 aliphatic heterocycles. The van der Waals surface area contributed by atoms with Crippen LogP contribution in [-0.2, 0) is 21.6 Å². The molecule has 14 heteroatoms. The molecule has 0 aliphatic rings. The third-order valence-electron chi connectivity index (χ3n) is 10.1. The van der Waals surface area contributed by atoms with Gasteiger partial charge in [-0.25, -0.2) is 0 Å². The third kappa shape index (κ3) is 13.3. The highest BCUT2D eigenvalue weighted by atomic mass is 32.2. The van der Waals surface area contributed by atoms with Gasteiger partial charge >= 0.3 is 0 Å². The van der Waals surface area contributed by atoms with Crippen LogP contribution in [0.25, 0.3) is 0 Å². The summed E-state index contributed by atoms with van der Waals surface area (Å²) in [6.45, 7) is 13.4. The second kappa shape index (κ2) is 25.2. The maximum Gasteiger partial charge on any atom is 0.146 e. The molecule has 0 saturated heterocycles. The van der Waals surface area contributed by atoms with Gasteiger partial charge in [-0.05, 0) is 42.9 Å². The molecule has 0 amide bonds. The highest BCUT2D eigenvalue weighted by Crippen LogP contribution is 2.39. The van der Waals surface area contributed by atoms with E-state index in [1.807, 2.05) is 26.0 Å². The van der Waals surface area contributed by atoms with Crippen molar-refractivity contribution in [1.29, 1.82) is 0 Å². The van der Waals surface area contributed by atoms with Crippen molar-refractivity contribution in [3.05, 3.63) is 47.5 Å². The van der Waals surface area contributed by atoms with Crippen molar-refractivity contribution in [2.24, 2.45) is 11.8 Å². The molecule has 0 aliphatic carbocycles. The lowest BCUT2D eigenvalue weighted by Crippen LogP contribution is -2.20. The fourth-order valence-corrected chi connectivity index (χ4v) is 8.74. The van der Waals surface area contributed by atoms with E-state index in [2.05, 4.69) is 38.3 Å². The van der Waals surface area contributed by atoms with E-state index in [1.54, 1.807) is 38.5 Å². The Morgan fingerprint density at radius 3 is 1.22 bits per heavy atom. The van der Waals surface area contributed by atoms with Gasteiger partial charge in [0.05, 0.1) is 95.5 Å². The summed E-state index contributed by atoms with van der Waals surface area (Å²) >= 11 is 12.3. The summed E-state index contributed by atoms with van der Waals surface area (Å²) in [7, 11) is 3.55. The number of thiocarbonyl (C=S) groups is 2. The topological polar surface area (TPSA) is 114 Å². The van der Waals surface area contributed by atoms with E-state index in [1.165, 1.54) is 14.2 Å². The van der Waals surface area contributed by atoms with Crippen LogP contribution in [0, 0.1) is 11.8 Å². The summed E-state index contributed by atoms with van der Waals surface area (Å²) < 4.78 is 62.2. The van der Waals surface area contributed by atoms with Crippen LogP contribution in [0.15, 0.2) is 46.2 Å². The fraction of sp³-hybridized carbons (Fsp3) is 0.545. The minimum Gasteiger partial charge on any atom is -0.495 e. The highest BCUT2D eigenvalue weighted by Gasteiger charge is 2.24. The normalized spacial score (nSPS) is 13.1. The quantitative estimate of drug-likeness (QED) is 0.0749. The van der Waals surface area contributed by atoms with Crippen LogP contribution >= 0.6 is 24.4 Å². The van der Waals surface area contributed by atoms with Gasteiger partial charge in [-0.1, -0.05) is 105 Å². The maximum absolute atomic E-state index is 13.1. The number of methoxy groups -OCH3 is 4. The summed E-state index contributed by atoms with van der Waals surface area (Å²) in [6.07, 6.45) is 8.46. The maximum atomic E-state index is 13.1. The first-order valence-electron chi connectivity index (χ1n) is 20.3. The minimum absolute atomic E-state index is 0.334. The molecule has 3 aromatic carbocycles. The SMILES string of the molecule is CCCCC(CC)COc1cc(OCC(CC)CCCC)c(C(=S)Nc2cc(S(=O)CC)c(OC)cc2OC)cc1C(=S)Nc1cc(S(=O)CC)c(OC)cc1OC. The van der Waals surface area contributed by atoms with Crippen molar-refractivity contribution in [3.8, 4) is 34.5 Å². The van der Waals surface area contributed by atoms with Gasteiger partial charge in [-0.15, -0.1) is 0 Å². The van der Waals surface area contributed by atoms with Crippen LogP contribution in [0.2, 0.25) is 0 Å². The molecule has 3 aromatic rings. The van der Waals surface area contributed by atoms with Crippen LogP contribution in [0.4, 0.5) is 11.4 Å². The van der Waals surface area contributed by atoms with E-state index < -0.39 is 21.6 Å². The predicted octanol–water partition coefficient (Wildman–Crippen LogP) is 10.7. The van der Waals surface area contributed by atoms with Gasteiger partial charge in [0.1, 0.15) is 44.5 Å². The molecule has 0 spiro atoms. The average molecular weight is 877 g/mol. The van der Waals surface area contributed by atoms with Gasteiger partial charge in [0.25, 0.3) is 0 Å². The zero-order valence-corrected chi connectivity index (χ0v) is 39.3. The molecular weight excluding hydrogens is 813 g/mol. The Labute approximate surface area is 362 Å². The van der Waals surface area contributed by atoms with Crippen molar-refractivity contribution in [3.63, 3.8) is 0 Å². The number of nitrogens with one attached hydrogen (secondary N) is 2. The van der Waals surface area contributed by atoms with Crippen LogP contribution in [0.5, 0.6) is 34.5 Å². The zero-order valence-electron chi connectivity index (χ0n) is 36.0. The molecular formula is C44H64N2O8S4. The first-order valence-corrected chi connectivity index (χ1v) is 23.8. The third-order valence-corrected chi connectivity index (χ3v) is 13.4. The number of benzene rings is 3. The molecule has 3 rings (SSSR count). The molecule has 4 unspecified atom stereocenters. The van der Waals surface area contributed by atoms with Gasteiger partial charge < -0.3 is 39.1 Å². The van der Waals surface area contributed by atoms with E-state index in [4.69, 9.17) is 52.9 Å². The average Bonchev–Trinajstić information content (AvgIpc) is 3.25. The first kappa shape index (κ1) is 48.9. The summed E-state index contributed by atoms with van der Waals surface area (Å²) in [4.78, 5) is 1.71. The lowest BCUT2D eigenvalue weighted by atomic mass is 10.00. The van der Waals surface area contributed by atoms with Gasteiger partial charge in [0, 0.05) is 29.7 Å². The summed E-state index contributed by atoms with van der Waals surface area (Å²) in [5.74, 6) is 4.43. The van der Waals surface area contributed by atoms with Gasteiger partial charge in [0.15, 0.2) is 0 Å². The Balaban J connectivity index is 2.26. The Morgan fingerprint density at radius 2 is 0.914 bits per heavy atom. The Hall–Kier alpha value is -3.46. The molecule has 0 bridgehead atoms. The van der Waals surface area contributed by atoms with E-state index in [0.29, 0.717) is 113 Å². The number of unbranched alkanes of at least 4 members (excludes halogenated alkanes) is 2. The number of anilines is 2. The highest BCUT2D eigenvalue weighted by molar-refractivity contribution is 7.85. The van der Waals surface area contributed by atoms with Crippen LogP contribution in [-0.4, -0.2) is 71.6 Å².